The first kappa shape index (κ1) is 16.6. The number of hydrogen-bond acceptors (Lipinski definition) is 4. The predicted molar refractivity (Wildman–Crippen MR) is 56.8 cm³/mol. The molecule has 0 aliphatic carbocycles. The van der Waals surface area contributed by atoms with Crippen LogP contribution < -0.4 is 18.9 Å². The zero-order valence-corrected chi connectivity index (χ0v) is 10.9. The molecule has 0 amide bonds. The van der Waals surface area contributed by atoms with E-state index in [2.05, 4.69) is 0 Å². The molecule has 0 bridgehead atoms. The number of benzene rings is 1. The van der Waals surface area contributed by atoms with Crippen LogP contribution in [0.4, 0.5) is 4.39 Å². The molecule has 7 heteroatoms. The molecule has 0 spiro atoms. The van der Waals surface area contributed by atoms with E-state index in [1.54, 1.807) is 19.0 Å². The van der Waals surface area contributed by atoms with Crippen molar-refractivity contribution in [1.29, 1.82) is 0 Å². The third kappa shape index (κ3) is 4.41. The van der Waals surface area contributed by atoms with Gasteiger partial charge in [-0.1, -0.05) is 12.1 Å². The molecular formula is C10H13FLiNO3S. The quantitative estimate of drug-likeness (QED) is 0.467. The molecule has 1 atom stereocenters. The van der Waals surface area contributed by atoms with Gasteiger partial charge in [-0.25, -0.2) is 12.8 Å². The minimum Gasteiger partial charge on any atom is -0.744 e. The van der Waals surface area contributed by atoms with Gasteiger partial charge < -0.3 is 9.45 Å². The number of alkyl halides is 1. The normalized spacial score (nSPS) is 13.2. The summed E-state index contributed by atoms with van der Waals surface area (Å²) in [5.74, 6) is 0. The first-order valence-electron chi connectivity index (χ1n) is 4.64. The smallest absolute Gasteiger partial charge is 0.744 e. The van der Waals surface area contributed by atoms with Gasteiger partial charge in [0.25, 0.3) is 0 Å². The molecule has 1 aromatic rings. The van der Waals surface area contributed by atoms with Gasteiger partial charge in [-0.3, -0.25) is 0 Å². The van der Waals surface area contributed by atoms with Crippen molar-refractivity contribution in [3.8, 4) is 0 Å². The molecule has 0 aromatic heterocycles. The van der Waals surface area contributed by atoms with Crippen molar-refractivity contribution in [2.45, 2.75) is 10.9 Å². The zero-order chi connectivity index (χ0) is 12.3. The van der Waals surface area contributed by atoms with Crippen molar-refractivity contribution in [3.63, 3.8) is 0 Å². The van der Waals surface area contributed by atoms with Crippen molar-refractivity contribution in [2.24, 2.45) is 0 Å². The van der Waals surface area contributed by atoms with Crippen molar-refractivity contribution in [3.05, 3.63) is 29.8 Å². The first-order chi connectivity index (χ1) is 7.36. The Balaban J connectivity index is 0.00000256. The summed E-state index contributed by atoms with van der Waals surface area (Å²) >= 11 is 0. The van der Waals surface area contributed by atoms with E-state index >= 15 is 0 Å². The van der Waals surface area contributed by atoms with Crippen LogP contribution in [0.25, 0.3) is 0 Å². The molecular weight excluding hydrogens is 240 g/mol. The maximum Gasteiger partial charge on any atom is 1.00 e. The number of hydrogen-bond donors (Lipinski definition) is 0. The standard InChI is InChI=1S/C10H14FNO3S.Li/c1-12(2)10(7-11)8-3-5-9(6-4-8)16(13,14)15;/h3-6,10H,7H2,1-2H3,(H,13,14,15);/q;+1/p-1. The molecule has 0 aliphatic heterocycles. The molecule has 0 aliphatic rings. The topological polar surface area (TPSA) is 60.4 Å². The van der Waals surface area contributed by atoms with E-state index in [-0.39, 0.29) is 23.8 Å². The molecule has 17 heavy (non-hydrogen) atoms. The molecule has 0 saturated carbocycles. The number of halogens is 1. The summed E-state index contributed by atoms with van der Waals surface area (Å²) in [6.45, 7) is -0.573. The Morgan fingerprint density at radius 2 is 1.76 bits per heavy atom. The van der Waals surface area contributed by atoms with Crippen LogP contribution in [0, 0.1) is 0 Å². The van der Waals surface area contributed by atoms with E-state index in [4.69, 9.17) is 0 Å². The van der Waals surface area contributed by atoms with Crippen molar-refractivity contribution in [1.82, 2.24) is 4.90 Å². The van der Waals surface area contributed by atoms with Gasteiger partial charge in [-0.05, 0) is 31.8 Å². The van der Waals surface area contributed by atoms with Gasteiger partial charge in [0, 0.05) is 0 Å². The van der Waals surface area contributed by atoms with Crippen LogP contribution in [-0.2, 0) is 10.1 Å². The van der Waals surface area contributed by atoms with E-state index in [1.807, 2.05) is 0 Å². The van der Waals surface area contributed by atoms with Gasteiger partial charge in [0.2, 0.25) is 0 Å². The fraction of sp³-hybridized carbons (Fsp3) is 0.400. The molecule has 0 N–H and O–H groups in total. The molecule has 90 valence electrons. The van der Waals surface area contributed by atoms with Gasteiger partial charge in [0.05, 0.1) is 10.9 Å². The van der Waals surface area contributed by atoms with E-state index < -0.39 is 22.8 Å². The number of nitrogens with zero attached hydrogens (tertiary/aromatic N) is 1. The summed E-state index contributed by atoms with van der Waals surface area (Å²) in [6, 6.07) is 4.88. The summed E-state index contributed by atoms with van der Waals surface area (Å²) in [6.07, 6.45) is 0. The van der Waals surface area contributed by atoms with Crippen LogP contribution >= 0.6 is 0 Å². The van der Waals surface area contributed by atoms with Crippen LogP contribution in [0.2, 0.25) is 0 Å². The first-order valence-corrected chi connectivity index (χ1v) is 6.05. The zero-order valence-electron chi connectivity index (χ0n) is 10.1. The van der Waals surface area contributed by atoms with Crippen molar-refractivity contribution in [2.75, 3.05) is 20.8 Å². The average Bonchev–Trinajstić information content (AvgIpc) is 2.17. The Labute approximate surface area is 113 Å². The molecule has 1 aromatic carbocycles. The maximum atomic E-state index is 12.7. The Hall–Kier alpha value is -0.383. The Bertz CT molecular complexity index is 447. The SMILES string of the molecule is CN(C)C(CF)c1ccc(S(=O)(=O)[O-])cc1.[Li+]. The molecule has 0 radical (unpaired) electrons. The summed E-state index contributed by atoms with van der Waals surface area (Å²) in [4.78, 5) is 1.38. The van der Waals surface area contributed by atoms with Crippen LogP contribution in [0.5, 0.6) is 0 Å². The summed E-state index contributed by atoms with van der Waals surface area (Å²) in [5.41, 5.74) is 0.639. The van der Waals surface area contributed by atoms with Gasteiger partial charge >= 0.3 is 18.9 Å². The molecule has 1 unspecified atom stereocenters. The second-order valence-corrected chi connectivity index (χ2v) is 5.04. The van der Waals surface area contributed by atoms with Gasteiger partial charge in [0.15, 0.2) is 0 Å². The molecule has 1 rings (SSSR count). The summed E-state index contributed by atoms with van der Waals surface area (Å²) in [5, 5.41) is 0. The molecule has 0 saturated heterocycles. The molecule has 0 heterocycles. The van der Waals surface area contributed by atoms with Gasteiger partial charge in [-0.2, -0.15) is 0 Å². The van der Waals surface area contributed by atoms with Gasteiger partial charge in [0.1, 0.15) is 16.8 Å². The van der Waals surface area contributed by atoms with Crippen molar-refractivity contribution < 1.29 is 36.2 Å². The second-order valence-electron chi connectivity index (χ2n) is 3.66. The largest absolute Gasteiger partial charge is 1.00 e. The monoisotopic (exact) mass is 253 g/mol. The second kappa shape index (κ2) is 6.52. The predicted octanol–water partition coefficient (Wildman–Crippen LogP) is -1.83. The minimum absolute atomic E-state index is 0. The van der Waals surface area contributed by atoms with E-state index in [0.717, 1.165) is 0 Å². The molecule has 0 fully saturated rings. The van der Waals surface area contributed by atoms with Crippen LogP contribution in [0.3, 0.4) is 0 Å². The third-order valence-electron chi connectivity index (χ3n) is 2.32. The molecule has 4 nitrogen and oxygen atoms in total. The van der Waals surface area contributed by atoms with E-state index in [1.165, 1.54) is 24.3 Å². The number of rotatable bonds is 4. The van der Waals surface area contributed by atoms with E-state index in [0.29, 0.717) is 5.56 Å². The Kier molecular flexibility index (Phi) is 6.38. The maximum absolute atomic E-state index is 12.7. The van der Waals surface area contributed by atoms with Crippen molar-refractivity contribution >= 4 is 10.1 Å². The fourth-order valence-electron chi connectivity index (χ4n) is 1.38. The van der Waals surface area contributed by atoms with Crippen LogP contribution in [0.1, 0.15) is 11.6 Å². The van der Waals surface area contributed by atoms with Gasteiger partial charge in [-0.15, -0.1) is 0 Å². The average molecular weight is 253 g/mol. The van der Waals surface area contributed by atoms with E-state index in [9.17, 15) is 17.4 Å². The summed E-state index contributed by atoms with van der Waals surface area (Å²) < 4.78 is 44.7. The fourth-order valence-corrected chi connectivity index (χ4v) is 1.85. The Morgan fingerprint density at radius 3 is 2.06 bits per heavy atom. The van der Waals surface area contributed by atoms with Crippen LogP contribution in [0.15, 0.2) is 29.2 Å². The van der Waals surface area contributed by atoms with Crippen LogP contribution in [-0.4, -0.2) is 38.6 Å². The third-order valence-corrected chi connectivity index (χ3v) is 3.17. The summed E-state index contributed by atoms with van der Waals surface area (Å²) in [7, 11) is -0.980. The minimum atomic E-state index is -4.43. The Morgan fingerprint density at radius 1 is 1.29 bits per heavy atom.